The number of hydrogen-bond donors (Lipinski definition) is 1. The highest BCUT2D eigenvalue weighted by Crippen LogP contribution is 2.25. The number of anilines is 1. The summed E-state index contributed by atoms with van der Waals surface area (Å²) in [6.07, 6.45) is 2.98. The van der Waals surface area contributed by atoms with Crippen molar-refractivity contribution in [2.24, 2.45) is 7.05 Å². The van der Waals surface area contributed by atoms with Gasteiger partial charge in [0.25, 0.3) is 5.56 Å². The molecule has 0 fully saturated rings. The van der Waals surface area contributed by atoms with Crippen LogP contribution in [0.25, 0.3) is 21.8 Å². The Labute approximate surface area is 170 Å². The van der Waals surface area contributed by atoms with E-state index in [4.69, 9.17) is 0 Å². The van der Waals surface area contributed by atoms with E-state index in [0.717, 1.165) is 10.4 Å². The summed E-state index contributed by atoms with van der Waals surface area (Å²) in [4.78, 5) is 38.5. The molecule has 0 amide bonds. The maximum Gasteiger partial charge on any atom is 0.255 e. The smallest absolute Gasteiger partial charge is 0.255 e. The molecule has 29 heavy (non-hydrogen) atoms. The maximum atomic E-state index is 12.7. The number of hydrogen-bond acceptors (Lipinski definition) is 7. The SMILES string of the molecule is Cn1c(NCC(=O)c2cccc(-c3cccs3)c2)nc(-c2ccncn2)cc1=O. The van der Waals surface area contributed by atoms with Gasteiger partial charge in [-0.25, -0.2) is 15.0 Å². The van der Waals surface area contributed by atoms with E-state index in [-0.39, 0.29) is 17.9 Å². The predicted molar refractivity (Wildman–Crippen MR) is 113 cm³/mol. The first-order valence-electron chi connectivity index (χ1n) is 8.87. The van der Waals surface area contributed by atoms with Crippen molar-refractivity contribution in [3.8, 4) is 21.8 Å². The first-order chi connectivity index (χ1) is 14.1. The number of thiophene rings is 1. The zero-order valence-electron chi connectivity index (χ0n) is 15.6. The van der Waals surface area contributed by atoms with Gasteiger partial charge in [0.05, 0.1) is 17.9 Å². The topological polar surface area (TPSA) is 89.8 Å². The molecule has 3 heterocycles. The number of carbonyl (C=O) groups excluding carboxylic acids is 1. The third-order valence-electron chi connectivity index (χ3n) is 4.38. The molecule has 0 aliphatic carbocycles. The second-order valence-electron chi connectivity index (χ2n) is 6.29. The molecule has 3 aromatic heterocycles. The van der Waals surface area contributed by atoms with Crippen molar-refractivity contribution in [2.75, 3.05) is 11.9 Å². The van der Waals surface area contributed by atoms with Crippen LogP contribution in [0.5, 0.6) is 0 Å². The molecule has 7 nitrogen and oxygen atoms in total. The van der Waals surface area contributed by atoms with Gasteiger partial charge in [-0.2, -0.15) is 0 Å². The number of nitrogens with zero attached hydrogens (tertiary/aromatic N) is 4. The van der Waals surface area contributed by atoms with Crippen LogP contribution in [-0.4, -0.2) is 31.8 Å². The average Bonchev–Trinajstić information content (AvgIpc) is 3.30. The number of Topliss-reactive ketones (excluding diaryl/α,β-unsaturated/α-hetero) is 1. The van der Waals surface area contributed by atoms with Crippen LogP contribution < -0.4 is 10.9 Å². The third kappa shape index (κ3) is 4.12. The zero-order valence-corrected chi connectivity index (χ0v) is 16.4. The monoisotopic (exact) mass is 403 g/mol. The predicted octanol–water partition coefficient (Wildman–Crippen LogP) is 3.26. The lowest BCUT2D eigenvalue weighted by molar-refractivity contribution is 0.101. The van der Waals surface area contributed by atoms with Crippen molar-refractivity contribution in [2.45, 2.75) is 0 Å². The summed E-state index contributed by atoms with van der Waals surface area (Å²) < 4.78 is 1.36. The number of rotatable bonds is 6. The van der Waals surface area contributed by atoms with Crippen molar-refractivity contribution in [1.29, 1.82) is 0 Å². The molecule has 0 spiro atoms. The highest BCUT2D eigenvalue weighted by Gasteiger charge is 2.12. The molecule has 0 saturated heterocycles. The zero-order chi connectivity index (χ0) is 20.2. The van der Waals surface area contributed by atoms with Crippen molar-refractivity contribution >= 4 is 23.1 Å². The van der Waals surface area contributed by atoms with Crippen LogP contribution in [0.3, 0.4) is 0 Å². The molecule has 0 radical (unpaired) electrons. The van der Waals surface area contributed by atoms with E-state index in [2.05, 4.69) is 20.3 Å². The molecule has 8 heteroatoms. The maximum absolute atomic E-state index is 12.7. The fourth-order valence-corrected chi connectivity index (χ4v) is 3.55. The summed E-state index contributed by atoms with van der Waals surface area (Å²) in [5.74, 6) is 0.207. The normalized spacial score (nSPS) is 10.7. The molecule has 0 saturated carbocycles. The lowest BCUT2D eigenvalue weighted by Crippen LogP contribution is -2.24. The summed E-state index contributed by atoms with van der Waals surface area (Å²) in [5, 5.41) is 4.98. The summed E-state index contributed by atoms with van der Waals surface area (Å²) in [7, 11) is 1.60. The van der Waals surface area contributed by atoms with Crippen LogP contribution in [0.1, 0.15) is 10.4 Å². The summed E-state index contributed by atoms with van der Waals surface area (Å²) >= 11 is 1.62. The van der Waals surface area contributed by atoms with E-state index in [1.165, 1.54) is 17.0 Å². The van der Waals surface area contributed by atoms with Gasteiger partial charge in [0, 0.05) is 29.8 Å². The van der Waals surface area contributed by atoms with Crippen LogP contribution in [0.2, 0.25) is 0 Å². The Bertz CT molecular complexity index is 1200. The van der Waals surface area contributed by atoms with Crippen molar-refractivity contribution in [1.82, 2.24) is 19.5 Å². The average molecular weight is 403 g/mol. The Morgan fingerprint density at radius 3 is 2.79 bits per heavy atom. The number of carbonyl (C=O) groups is 1. The van der Waals surface area contributed by atoms with E-state index in [9.17, 15) is 9.59 Å². The van der Waals surface area contributed by atoms with E-state index >= 15 is 0 Å². The molecular weight excluding hydrogens is 386 g/mol. The van der Waals surface area contributed by atoms with Gasteiger partial charge in [-0.3, -0.25) is 14.2 Å². The highest BCUT2D eigenvalue weighted by molar-refractivity contribution is 7.13. The minimum absolute atomic E-state index is 0.0153. The molecule has 0 aliphatic heterocycles. The molecule has 4 rings (SSSR count). The third-order valence-corrected chi connectivity index (χ3v) is 5.30. The Hall–Kier alpha value is -3.65. The fraction of sp³-hybridized carbons (Fsp3) is 0.0952. The van der Waals surface area contributed by atoms with Gasteiger partial charge in [0.1, 0.15) is 6.33 Å². The molecule has 0 unspecified atom stereocenters. The Morgan fingerprint density at radius 2 is 2.03 bits per heavy atom. The van der Waals surface area contributed by atoms with E-state index in [1.54, 1.807) is 36.7 Å². The standard InChI is InChI=1S/C21H17N5O2S/c1-26-20(28)11-17(16-7-8-22-13-24-16)25-21(26)23-12-18(27)14-4-2-5-15(10-14)19-6-3-9-29-19/h2-11,13H,12H2,1H3,(H,23,25). The first kappa shape index (κ1) is 18.7. The number of benzene rings is 1. The van der Waals surface area contributed by atoms with E-state index in [1.807, 2.05) is 35.7 Å². The van der Waals surface area contributed by atoms with Gasteiger partial charge in [-0.1, -0.05) is 24.3 Å². The van der Waals surface area contributed by atoms with Crippen LogP contribution in [-0.2, 0) is 7.05 Å². The molecule has 144 valence electrons. The highest BCUT2D eigenvalue weighted by atomic mass is 32.1. The Balaban J connectivity index is 1.55. The van der Waals surface area contributed by atoms with Crippen molar-refractivity contribution in [3.05, 3.63) is 82.4 Å². The van der Waals surface area contributed by atoms with Gasteiger partial charge in [-0.05, 0) is 29.1 Å². The largest absolute Gasteiger partial charge is 0.348 e. The first-order valence-corrected chi connectivity index (χ1v) is 9.75. The Kier molecular flexibility index (Phi) is 5.26. The molecule has 4 aromatic rings. The molecule has 0 atom stereocenters. The molecule has 0 bridgehead atoms. The lowest BCUT2D eigenvalue weighted by atomic mass is 10.1. The summed E-state index contributed by atoms with van der Waals surface area (Å²) in [6, 6.07) is 14.6. The van der Waals surface area contributed by atoms with Gasteiger partial charge >= 0.3 is 0 Å². The lowest BCUT2D eigenvalue weighted by Gasteiger charge is -2.11. The molecular formula is C21H17N5O2S. The molecule has 1 aromatic carbocycles. The minimum Gasteiger partial charge on any atom is -0.348 e. The second kappa shape index (κ2) is 8.15. The van der Waals surface area contributed by atoms with Crippen LogP contribution in [0.4, 0.5) is 5.95 Å². The molecule has 1 N–H and O–H groups in total. The number of ketones is 1. The summed E-state index contributed by atoms with van der Waals surface area (Å²) in [6.45, 7) is 0.0153. The van der Waals surface area contributed by atoms with Crippen molar-refractivity contribution < 1.29 is 4.79 Å². The fourth-order valence-electron chi connectivity index (χ4n) is 2.82. The second-order valence-corrected chi connectivity index (χ2v) is 7.24. The van der Waals surface area contributed by atoms with E-state index < -0.39 is 0 Å². The van der Waals surface area contributed by atoms with Gasteiger partial charge < -0.3 is 5.32 Å². The van der Waals surface area contributed by atoms with Gasteiger partial charge in [0.2, 0.25) is 5.95 Å². The molecule has 0 aliphatic rings. The van der Waals surface area contributed by atoms with Crippen LogP contribution in [0.15, 0.2) is 71.2 Å². The minimum atomic E-state index is -0.247. The Morgan fingerprint density at radius 1 is 1.14 bits per heavy atom. The summed E-state index contributed by atoms with van der Waals surface area (Å²) in [5.41, 5.74) is 2.31. The number of nitrogens with one attached hydrogen (secondary N) is 1. The van der Waals surface area contributed by atoms with Gasteiger partial charge in [0.15, 0.2) is 5.78 Å². The van der Waals surface area contributed by atoms with Crippen molar-refractivity contribution in [3.63, 3.8) is 0 Å². The van der Waals surface area contributed by atoms with Gasteiger partial charge in [-0.15, -0.1) is 11.3 Å². The quantitative estimate of drug-likeness (QED) is 0.497. The van der Waals surface area contributed by atoms with E-state index in [0.29, 0.717) is 22.9 Å². The van der Waals surface area contributed by atoms with Crippen LogP contribution >= 0.6 is 11.3 Å². The number of aromatic nitrogens is 4. The van der Waals surface area contributed by atoms with Crippen LogP contribution in [0, 0.1) is 0 Å².